The number of aliphatic imine (C=N–C) groups is 1. The van der Waals surface area contributed by atoms with E-state index in [1.807, 2.05) is 41.7 Å². The van der Waals surface area contributed by atoms with E-state index in [4.69, 9.17) is 10.7 Å². The van der Waals surface area contributed by atoms with Gasteiger partial charge in [-0.2, -0.15) is 0 Å². The zero-order chi connectivity index (χ0) is 40.7. The van der Waals surface area contributed by atoms with Crippen LogP contribution in [0.3, 0.4) is 0 Å². The SMILES string of the molecule is NC(=N/C(=C\Cc1ccccc1-c1ccc2sc3ccccc3c2c1)c1ccc(-c2c3ccccc3c(-c3ccccc3)c3ccc4ccccc4c23)cc1)c1ccccc1. The number of nitrogens with two attached hydrogens (primary N) is 1. The third-order valence-corrected chi connectivity index (χ3v) is 13.1. The molecule has 0 aliphatic heterocycles. The van der Waals surface area contributed by atoms with Crippen LogP contribution in [-0.2, 0) is 6.42 Å². The molecule has 0 atom stereocenters. The van der Waals surface area contributed by atoms with Crippen molar-refractivity contribution in [2.75, 3.05) is 0 Å². The predicted molar refractivity (Wildman–Crippen MR) is 263 cm³/mol. The monoisotopic (exact) mass is 796 g/mol. The minimum atomic E-state index is 0.485. The molecule has 11 aromatic rings. The summed E-state index contributed by atoms with van der Waals surface area (Å²) in [6.07, 6.45) is 2.92. The molecular formula is C58H40N2S. The Labute approximate surface area is 359 Å². The molecule has 0 amide bonds. The first kappa shape index (κ1) is 36.5. The van der Waals surface area contributed by atoms with Crippen molar-refractivity contribution >= 4 is 75.4 Å². The van der Waals surface area contributed by atoms with E-state index in [1.54, 1.807) is 0 Å². The van der Waals surface area contributed by atoms with E-state index < -0.39 is 0 Å². The van der Waals surface area contributed by atoms with Crippen LogP contribution in [-0.4, -0.2) is 5.84 Å². The van der Waals surface area contributed by atoms with Crippen LogP contribution in [0.2, 0.25) is 0 Å². The van der Waals surface area contributed by atoms with E-state index in [0.29, 0.717) is 12.3 Å². The summed E-state index contributed by atoms with van der Waals surface area (Å²) in [7, 11) is 0. The molecule has 2 N–H and O–H groups in total. The van der Waals surface area contributed by atoms with Crippen molar-refractivity contribution in [3.8, 4) is 33.4 Å². The number of hydrogen-bond acceptors (Lipinski definition) is 2. The van der Waals surface area contributed by atoms with Crippen molar-refractivity contribution < 1.29 is 0 Å². The summed E-state index contributed by atoms with van der Waals surface area (Å²) in [6.45, 7) is 0. The molecular weight excluding hydrogens is 757 g/mol. The number of benzene rings is 10. The van der Waals surface area contributed by atoms with Gasteiger partial charge in [0.25, 0.3) is 0 Å². The molecule has 61 heavy (non-hydrogen) atoms. The maximum atomic E-state index is 6.78. The van der Waals surface area contributed by atoms with Crippen LogP contribution in [0.15, 0.2) is 223 Å². The molecule has 2 nitrogen and oxygen atoms in total. The van der Waals surface area contributed by atoms with Gasteiger partial charge in [0, 0.05) is 25.7 Å². The first-order valence-electron chi connectivity index (χ1n) is 20.8. The van der Waals surface area contributed by atoms with Crippen LogP contribution in [0.25, 0.3) is 91.6 Å². The Morgan fingerprint density at radius 3 is 1.85 bits per heavy atom. The predicted octanol–water partition coefficient (Wildman–Crippen LogP) is 15.5. The lowest BCUT2D eigenvalue weighted by Crippen LogP contribution is -2.13. The van der Waals surface area contributed by atoms with Gasteiger partial charge in [0.15, 0.2) is 0 Å². The summed E-state index contributed by atoms with van der Waals surface area (Å²) >= 11 is 1.85. The van der Waals surface area contributed by atoms with Gasteiger partial charge in [-0.05, 0) is 101 Å². The maximum absolute atomic E-state index is 6.78. The number of allylic oxidation sites excluding steroid dienone is 1. The van der Waals surface area contributed by atoms with E-state index in [0.717, 1.165) is 22.4 Å². The van der Waals surface area contributed by atoms with Crippen LogP contribution in [0.1, 0.15) is 16.7 Å². The number of amidine groups is 1. The molecule has 0 saturated carbocycles. The van der Waals surface area contributed by atoms with E-state index >= 15 is 0 Å². The quantitative estimate of drug-likeness (QED) is 0.0707. The number of nitrogens with zero attached hydrogens (tertiary/aromatic N) is 1. The van der Waals surface area contributed by atoms with Crippen LogP contribution in [0.5, 0.6) is 0 Å². The van der Waals surface area contributed by atoms with Crippen molar-refractivity contribution in [1.82, 2.24) is 0 Å². The molecule has 3 heteroatoms. The lowest BCUT2D eigenvalue weighted by atomic mass is 9.84. The molecule has 1 heterocycles. The molecule has 0 radical (unpaired) electrons. The molecule has 0 spiro atoms. The second-order valence-electron chi connectivity index (χ2n) is 15.6. The Hall–Kier alpha value is -7.59. The van der Waals surface area contributed by atoms with Crippen molar-refractivity contribution in [3.63, 3.8) is 0 Å². The van der Waals surface area contributed by atoms with Gasteiger partial charge in [-0.1, -0.05) is 200 Å². The zero-order valence-electron chi connectivity index (χ0n) is 33.4. The van der Waals surface area contributed by atoms with Crippen LogP contribution < -0.4 is 5.73 Å². The molecule has 0 unspecified atom stereocenters. The van der Waals surface area contributed by atoms with E-state index in [-0.39, 0.29) is 0 Å². The summed E-state index contributed by atoms with van der Waals surface area (Å²) < 4.78 is 2.62. The largest absolute Gasteiger partial charge is 0.383 e. The Morgan fingerprint density at radius 2 is 1.05 bits per heavy atom. The molecule has 288 valence electrons. The second kappa shape index (κ2) is 15.5. The summed E-state index contributed by atoms with van der Waals surface area (Å²) in [6, 6.07) is 76.2. The number of thiophene rings is 1. The Bertz CT molecular complexity index is 3490. The fourth-order valence-corrected chi connectivity index (χ4v) is 10.2. The molecule has 0 aliphatic carbocycles. The van der Waals surface area contributed by atoms with Crippen LogP contribution in [0, 0.1) is 0 Å². The maximum Gasteiger partial charge on any atom is 0.131 e. The standard InChI is InChI=1S/C58H40N2S/c59-58(43-19-5-2-6-20-43)60-52(35-32-38-15-7-9-21-45(38)44-33-36-54-51(37-44)47-23-13-14-26-53(47)61-54)40-27-29-42(30-28-40)56-49-25-12-11-24-48(49)55(41-17-3-1-4-18-41)50-34-31-39-16-8-10-22-46(39)57(50)56/h1-31,33-37H,32H2,(H2,59,60)/b52-35-. The van der Waals surface area contributed by atoms with E-state index in [1.165, 1.54) is 85.9 Å². The van der Waals surface area contributed by atoms with Crippen molar-refractivity contribution in [1.29, 1.82) is 0 Å². The first-order valence-corrected chi connectivity index (χ1v) is 21.6. The third kappa shape index (κ3) is 6.66. The second-order valence-corrected chi connectivity index (χ2v) is 16.7. The van der Waals surface area contributed by atoms with Gasteiger partial charge in [0.05, 0.1) is 5.70 Å². The zero-order valence-corrected chi connectivity index (χ0v) is 34.2. The van der Waals surface area contributed by atoms with Crippen LogP contribution in [0.4, 0.5) is 0 Å². The number of rotatable bonds is 8. The van der Waals surface area contributed by atoms with Crippen molar-refractivity contribution in [2.45, 2.75) is 6.42 Å². The van der Waals surface area contributed by atoms with Gasteiger partial charge in [-0.15, -0.1) is 11.3 Å². The van der Waals surface area contributed by atoms with Crippen LogP contribution >= 0.6 is 11.3 Å². The molecule has 1 aromatic heterocycles. The summed E-state index contributed by atoms with van der Waals surface area (Å²) in [5.74, 6) is 0.485. The minimum absolute atomic E-state index is 0.485. The molecule has 0 bridgehead atoms. The molecule has 0 saturated heterocycles. The van der Waals surface area contributed by atoms with Crippen molar-refractivity contribution in [3.05, 3.63) is 235 Å². The van der Waals surface area contributed by atoms with E-state index in [9.17, 15) is 0 Å². The van der Waals surface area contributed by atoms with Gasteiger partial charge in [0.1, 0.15) is 5.84 Å². The molecule has 0 fully saturated rings. The van der Waals surface area contributed by atoms with Gasteiger partial charge in [-0.25, -0.2) is 4.99 Å². The van der Waals surface area contributed by atoms with Gasteiger partial charge in [-0.3, -0.25) is 0 Å². The number of hydrogen-bond donors (Lipinski definition) is 1. The minimum Gasteiger partial charge on any atom is -0.383 e. The van der Waals surface area contributed by atoms with Gasteiger partial charge < -0.3 is 5.73 Å². The smallest absolute Gasteiger partial charge is 0.131 e. The highest BCUT2D eigenvalue weighted by Crippen LogP contribution is 2.46. The Balaban J connectivity index is 1.05. The molecule has 0 aliphatic rings. The highest BCUT2D eigenvalue weighted by Gasteiger charge is 2.19. The average molecular weight is 797 g/mol. The van der Waals surface area contributed by atoms with E-state index in [2.05, 4.69) is 188 Å². The molecule has 11 rings (SSSR count). The summed E-state index contributed by atoms with van der Waals surface area (Å²) in [5.41, 5.74) is 18.0. The first-order chi connectivity index (χ1) is 30.2. The third-order valence-electron chi connectivity index (χ3n) is 12.0. The van der Waals surface area contributed by atoms with Gasteiger partial charge in [0.2, 0.25) is 0 Å². The highest BCUT2D eigenvalue weighted by atomic mass is 32.1. The lowest BCUT2D eigenvalue weighted by Gasteiger charge is -2.19. The fourth-order valence-electron chi connectivity index (χ4n) is 9.08. The average Bonchev–Trinajstić information content (AvgIpc) is 3.71. The highest BCUT2D eigenvalue weighted by molar-refractivity contribution is 7.25. The normalized spacial score (nSPS) is 12.3. The molecule has 10 aromatic carbocycles. The Morgan fingerprint density at radius 1 is 0.443 bits per heavy atom. The topological polar surface area (TPSA) is 38.4 Å². The fraction of sp³-hybridized carbons (Fsp3) is 0.0172. The Kier molecular flexibility index (Phi) is 9.30. The van der Waals surface area contributed by atoms with Crippen molar-refractivity contribution in [2.24, 2.45) is 10.7 Å². The lowest BCUT2D eigenvalue weighted by molar-refractivity contribution is 1.26. The summed E-state index contributed by atoms with van der Waals surface area (Å²) in [5, 5.41) is 10.0. The number of fused-ring (bicyclic) bond motifs is 7. The summed E-state index contributed by atoms with van der Waals surface area (Å²) in [4.78, 5) is 5.15. The van der Waals surface area contributed by atoms with Gasteiger partial charge >= 0.3 is 0 Å².